The molecule has 5 aromatic rings. The molecule has 0 unspecified atom stereocenters. The van der Waals surface area contributed by atoms with Gasteiger partial charge in [-0.25, -0.2) is 4.98 Å². The zero-order chi connectivity index (χ0) is 25.8. The summed E-state index contributed by atoms with van der Waals surface area (Å²) >= 11 is 7.64. The third-order valence-electron chi connectivity index (χ3n) is 6.16. The van der Waals surface area contributed by atoms with Crippen LogP contribution in [0.25, 0.3) is 16.2 Å². The molecule has 6 nitrogen and oxygen atoms in total. The Morgan fingerprint density at radius 2 is 1.70 bits per heavy atom. The fourth-order valence-corrected chi connectivity index (χ4v) is 5.22. The highest BCUT2D eigenvalue weighted by atomic mass is 35.5. The van der Waals surface area contributed by atoms with Crippen molar-refractivity contribution in [2.45, 2.75) is 13.0 Å². The van der Waals surface area contributed by atoms with Crippen molar-refractivity contribution in [2.75, 3.05) is 20.8 Å². The zero-order valence-electron chi connectivity index (χ0n) is 20.6. The van der Waals surface area contributed by atoms with Gasteiger partial charge in [0.25, 0.3) is 5.91 Å². The van der Waals surface area contributed by atoms with Crippen LogP contribution in [-0.2, 0) is 13.0 Å². The molecule has 2 heterocycles. The summed E-state index contributed by atoms with van der Waals surface area (Å²) < 4.78 is 12.9. The first-order valence-corrected chi connectivity index (χ1v) is 13.1. The van der Waals surface area contributed by atoms with Gasteiger partial charge in [-0.1, -0.05) is 54.1 Å². The van der Waals surface area contributed by atoms with Crippen molar-refractivity contribution >= 4 is 33.8 Å². The van der Waals surface area contributed by atoms with Crippen LogP contribution in [0.2, 0.25) is 5.02 Å². The number of imidazole rings is 1. The number of hydrogen-bond acceptors (Lipinski definition) is 5. The number of nitrogens with zero attached hydrogens (tertiary/aromatic N) is 3. The van der Waals surface area contributed by atoms with Gasteiger partial charge in [0, 0.05) is 59.0 Å². The van der Waals surface area contributed by atoms with Crippen molar-refractivity contribution in [3.8, 4) is 22.8 Å². The van der Waals surface area contributed by atoms with Gasteiger partial charge in [0.15, 0.2) is 4.96 Å². The van der Waals surface area contributed by atoms with E-state index in [4.69, 9.17) is 26.1 Å². The predicted octanol–water partition coefficient (Wildman–Crippen LogP) is 6.62. The quantitative estimate of drug-likeness (QED) is 0.214. The molecule has 0 atom stereocenters. The molecule has 3 aromatic carbocycles. The Bertz CT molecular complexity index is 1490. The smallest absolute Gasteiger partial charge is 0.254 e. The lowest BCUT2D eigenvalue weighted by Crippen LogP contribution is -2.32. The summed E-state index contributed by atoms with van der Waals surface area (Å²) in [6, 6.07) is 22.9. The van der Waals surface area contributed by atoms with Crippen LogP contribution in [0.3, 0.4) is 0 Å². The van der Waals surface area contributed by atoms with E-state index in [1.165, 1.54) is 0 Å². The minimum absolute atomic E-state index is 0.0833. The number of amides is 1. The van der Waals surface area contributed by atoms with Crippen LogP contribution in [0.15, 0.2) is 84.4 Å². The van der Waals surface area contributed by atoms with E-state index in [-0.39, 0.29) is 5.91 Å². The van der Waals surface area contributed by atoms with Crippen molar-refractivity contribution in [2.24, 2.45) is 0 Å². The minimum Gasteiger partial charge on any atom is -0.497 e. The van der Waals surface area contributed by atoms with E-state index < -0.39 is 0 Å². The summed E-state index contributed by atoms with van der Waals surface area (Å²) in [4.78, 5) is 21.3. The fourth-order valence-electron chi connectivity index (χ4n) is 4.19. The number of ether oxygens (including phenoxy) is 2. The van der Waals surface area contributed by atoms with E-state index in [0.29, 0.717) is 41.6 Å². The van der Waals surface area contributed by atoms with E-state index in [1.54, 1.807) is 43.8 Å². The Balaban J connectivity index is 1.41. The maximum atomic E-state index is 13.7. The Hall–Kier alpha value is -3.81. The number of hydrogen-bond donors (Lipinski definition) is 0. The molecule has 0 N–H and O–H groups in total. The Morgan fingerprint density at radius 1 is 1.00 bits per heavy atom. The van der Waals surface area contributed by atoms with Crippen LogP contribution in [0, 0.1) is 0 Å². The molecule has 0 bridgehead atoms. The molecule has 37 heavy (non-hydrogen) atoms. The lowest BCUT2D eigenvalue weighted by molar-refractivity contribution is 0.0744. The summed E-state index contributed by atoms with van der Waals surface area (Å²) in [5.74, 6) is 1.07. The van der Waals surface area contributed by atoms with Gasteiger partial charge in [0.1, 0.15) is 11.5 Å². The second kappa shape index (κ2) is 11.1. The predicted molar refractivity (Wildman–Crippen MR) is 148 cm³/mol. The number of halogens is 1. The second-order valence-corrected chi connectivity index (χ2v) is 9.85. The van der Waals surface area contributed by atoms with Crippen molar-refractivity contribution in [3.63, 3.8) is 0 Å². The van der Waals surface area contributed by atoms with Gasteiger partial charge < -0.3 is 14.4 Å². The maximum Gasteiger partial charge on any atom is 0.254 e. The monoisotopic (exact) mass is 531 g/mol. The van der Waals surface area contributed by atoms with Crippen LogP contribution in [0.1, 0.15) is 21.6 Å². The van der Waals surface area contributed by atoms with Crippen LogP contribution < -0.4 is 9.47 Å². The molecule has 0 spiro atoms. The molecule has 2 aromatic heterocycles. The van der Waals surface area contributed by atoms with Gasteiger partial charge in [0.2, 0.25) is 0 Å². The molecule has 188 valence electrons. The Kier molecular flexibility index (Phi) is 7.44. The topological polar surface area (TPSA) is 56.1 Å². The van der Waals surface area contributed by atoms with Crippen molar-refractivity contribution in [1.29, 1.82) is 0 Å². The Morgan fingerprint density at radius 3 is 2.38 bits per heavy atom. The molecule has 1 amide bonds. The van der Waals surface area contributed by atoms with Gasteiger partial charge in [-0.15, -0.1) is 11.3 Å². The molecule has 0 radical (unpaired) electrons. The van der Waals surface area contributed by atoms with Crippen LogP contribution >= 0.6 is 22.9 Å². The molecule has 0 saturated heterocycles. The van der Waals surface area contributed by atoms with Crippen LogP contribution in [0.5, 0.6) is 11.5 Å². The number of rotatable bonds is 9. The number of fused-ring (bicyclic) bond motifs is 1. The highest BCUT2D eigenvalue weighted by molar-refractivity contribution is 7.15. The second-order valence-electron chi connectivity index (χ2n) is 8.58. The molecule has 8 heteroatoms. The maximum absolute atomic E-state index is 13.7. The highest BCUT2D eigenvalue weighted by Crippen LogP contribution is 2.27. The number of aromatic nitrogens is 2. The lowest BCUT2D eigenvalue weighted by Gasteiger charge is -2.23. The van der Waals surface area contributed by atoms with Gasteiger partial charge in [0.05, 0.1) is 19.9 Å². The largest absolute Gasteiger partial charge is 0.497 e. The number of benzene rings is 3. The average molecular weight is 532 g/mol. The first-order chi connectivity index (χ1) is 18.0. The SMILES string of the molecule is COc1cc(OC)cc(C(=O)N(CCc2csc3nc(-c4ccc(Cl)cc4)cn23)Cc2ccccc2)c1. The molecule has 0 aliphatic carbocycles. The van der Waals surface area contributed by atoms with Crippen molar-refractivity contribution in [3.05, 3.63) is 106 Å². The molecule has 0 fully saturated rings. The average Bonchev–Trinajstić information content (AvgIpc) is 3.52. The van der Waals surface area contributed by atoms with E-state index >= 15 is 0 Å². The van der Waals surface area contributed by atoms with E-state index in [0.717, 1.165) is 27.5 Å². The zero-order valence-corrected chi connectivity index (χ0v) is 22.1. The Labute approximate surface area is 224 Å². The molecule has 5 rings (SSSR count). The van der Waals surface area contributed by atoms with Gasteiger partial charge in [-0.2, -0.15) is 0 Å². The lowest BCUT2D eigenvalue weighted by atomic mass is 10.1. The summed E-state index contributed by atoms with van der Waals surface area (Å²) in [7, 11) is 3.16. The summed E-state index contributed by atoms with van der Waals surface area (Å²) in [5.41, 5.74) is 4.59. The summed E-state index contributed by atoms with van der Waals surface area (Å²) in [6.45, 7) is 1.03. The number of methoxy groups -OCH3 is 2. The molecule has 0 aliphatic heterocycles. The van der Waals surface area contributed by atoms with E-state index in [1.807, 2.05) is 65.7 Å². The van der Waals surface area contributed by atoms with Crippen LogP contribution in [0.4, 0.5) is 0 Å². The first-order valence-electron chi connectivity index (χ1n) is 11.8. The first kappa shape index (κ1) is 24.9. The minimum atomic E-state index is -0.0833. The third kappa shape index (κ3) is 5.63. The fraction of sp³-hybridized carbons (Fsp3) is 0.172. The van der Waals surface area contributed by atoms with Crippen molar-refractivity contribution in [1.82, 2.24) is 14.3 Å². The highest BCUT2D eigenvalue weighted by Gasteiger charge is 2.19. The normalized spacial score (nSPS) is 11.0. The molecule has 0 saturated carbocycles. The number of carbonyl (C=O) groups is 1. The van der Waals surface area contributed by atoms with E-state index in [9.17, 15) is 4.79 Å². The summed E-state index contributed by atoms with van der Waals surface area (Å²) in [6.07, 6.45) is 2.72. The number of thiazole rings is 1. The third-order valence-corrected chi connectivity index (χ3v) is 7.30. The standard InChI is InChI=1S/C29H26ClN3O3S/c1-35-25-14-22(15-26(16-25)36-2)28(34)32(17-20-6-4-3-5-7-20)13-12-24-19-37-29-31-27(18-33(24)29)21-8-10-23(30)11-9-21/h3-11,14-16,18-19H,12-13,17H2,1-2H3. The van der Waals surface area contributed by atoms with Gasteiger partial charge in [-0.3, -0.25) is 9.20 Å². The van der Waals surface area contributed by atoms with Gasteiger partial charge >= 0.3 is 0 Å². The number of carbonyl (C=O) groups excluding carboxylic acids is 1. The van der Waals surface area contributed by atoms with Crippen LogP contribution in [-0.4, -0.2) is 41.0 Å². The van der Waals surface area contributed by atoms with E-state index in [2.05, 4.69) is 9.78 Å². The summed E-state index contributed by atoms with van der Waals surface area (Å²) in [5, 5.41) is 2.80. The van der Waals surface area contributed by atoms with Gasteiger partial charge in [-0.05, 0) is 29.8 Å². The molecular formula is C29H26ClN3O3S. The van der Waals surface area contributed by atoms with Crippen molar-refractivity contribution < 1.29 is 14.3 Å². The molecule has 0 aliphatic rings. The molecular weight excluding hydrogens is 506 g/mol.